The summed E-state index contributed by atoms with van der Waals surface area (Å²) in [5.74, 6) is -0.272. The largest absolute Gasteiger partial charge is 0.366 e. The van der Waals surface area contributed by atoms with Gasteiger partial charge >= 0.3 is 0 Å². The van der Waals surface area contributed by atoms with E-state index in [1.54, 1.807) is 18.2 Å². The zero-order valence-electron chi connectivity index (χ0n) is 10.8. The average Bonchev–Trinajstić information content (AvgIpc) is 2.46. The monoisotopic (exact) mass is 322 g/mol. The molecule has 0 aliphatic carbocycles. The number of benzene rings is 2. The summed E-state index contributed by atoms with van der Waals surface area (Å²) >= 11 is 7.25. The van der Waals surface area contributed by atoms with Gasteiger partial charge in [0.2, 0.25) is 5.91 Å². The summed E-state index contributed by atoms with van der Waals surface area (Å²) in [6.45, 7) is 0. The highest BCUT2D eigenvalue weighted by Gasteiger charge is 2.16. The Balaban J connectivity index is 2.21. The van der Waals surface area contributed by atoms with Gasteiger partial charge in [-0.05, 0) is 30.3 Å². The van der Waals surface area contributed by atoms with Crippen LogP contribution in [0.1, 0.15) is 15.9 Å². The van der Waals surface area contributed by atoms with Gasteiger partial charge in [-0.25, -0.2) is 0 Å². The molecule has 0 spiro atoms. The van der Waals surface area contributed by atoms with Gasteiger partial charge in [-0.1, -0.05) is 17.7 Å². The first kappa shape index (κ1) is 15.3. The van der Waals surface area contributed by atoms with Gasteiger partial charge < -0.3 is 5.73 Å². The second kappa shape index (κ2) is 6.60. The molecule has 0 fully saturated rings. The lowest BCUT2D eigenvalue weighted by molar-refractivity contribution is -0.385. The molecule has 0 radical (unpaired) electrons. The maximum absolute atomic E-state index is 11.1. The maximum Gasteiger partial charge on any atom is 0.274 e. The van der Waals surface area contributed by atoms with Crippen LogP contribution in [0.5, 0.6) is 0 Å². The van der Waals surface area contributed by atoms with E-state index in [0.29, 0.717) is 16.3 Å². The molecule has 2 rings (SSSR count). The number of nitrogens with zero attached hydrogens (tertiary/aromatic N) is 1. The number of hydrogen-bond acceptors (Lipinski definition) is 4. The van der Waals surface area contributed by atoms with Gasteiger partial charge in [0.1, 0.15) is 0 Å². The molecule has 0 saturated carbocycles. The number of hydrogen-bond donors (Lipinski definition) is 1. The minimum atomic E-state index is -0.685. The number of primary amides is 1. The predicted octanol–water partition coefficient (Wildman–Crippen LogP) is 3.64. The molecule has 2 aromatic carbocycles. The molecule has 7 heteroatoms. The van der Waals surface area contributed by atoms with Gasteiger partial charge in [0.15, 0.2) is 0 Å². The van der Waals surface area contributed by atoms with Crippen molar-refractivity contribution < 1.29 is 9.72 Å². The SMILES string of the molecule is NC(=O)c1ccc(CSc2ccc(Cl)cc2)c([N+](=O)[O-])c1. The van der Waals surface area contributed by atoms with Crippen molar-refractivity contribution in [2.24, 2.45) is 5.73 Å². The summed E-state index contributed by atoms with van der Waals surface area (Å²) < 4.78 is 0. The Morgan fingerprint density at radius 1 is 1.24 bits per heavy atom. The minimum absolute atomic E-state index is 0.104. The van der Waals surface area contributed by atoms with Crippen LogP contribution in [0.3, 0.4) is 0 Å². The molecule has 0 saturated heterocycles. The predicted molar refractivity (Wildman–Crippen MR) is 82.6 cm³/mol. The summed E-state index contributed by atoms with van der Waals surface area (Å²) in [4.78, 5) is 22.6. The number of thioether (sulfide) groups is 1. The molecule has 0 atom stereocenters. The number of nitro groups is 1. The quantitative estimate of drug-likeness (QED) is 0.517. The fraction of sp³-hybridized carbons (Fsp3) is 0.0714. The Bertz CT molecular complexity index is 689. The molecule has 2 aromatic rings. The van der Waals surface area contributed by atoms with Crippen molar-refractivity contribution in [2.45, 2.75) is 10.6 Å². The van der Waals surface area contributed by atoms with E-state index in [0.717, 1.165) is 4.90 Å². The molecule has 0 heterocycles. The first-order valence-electron chi connectivity index (χ1n) is 5.93. The van der Waals surface area contributed by atoms with E-state index < -0.39 is 10.8 Å². The van der Waals surface area contributed by atoms with Crippen molar-refractivity contribution in [3.63, 3.8) is 0 Å². The highest BCUT2D eigenvalue weighted by atomic mass is 35.5. The number of amides is 1. The lowest BCUT2D eigenvalue weighted by Crippen LogP contribution is -2.11. The van der Waals surface area contributed by atoms with Crippen LogP contribution < -0.4 is 5.73 Å². The van der Waals surface area contributed by atoms with Crippen LogP contribution in [-0.4, -0.2) is 10.8 Å². The minimum Gasteiger partial charge on any atom is -0.366 e. The van der Waals surface area contributed by atoms with Crippen LogP contribution in [-0.2, 0) is 5.75 Å². The molecule has 5 nitrogen and oxygen atoms in total. The Kier molecular flexibility index (Phi) is 4.82. The summed E-state index contributed by atoms with van der Waals surface area (Å²) in [7, 11) is 0. The van der Waals surface area contributed by atoms with Crippen LogP contribution in [0.15, 0.2) is 47.4 Å². The van der Waals surface area contributed by atoms with Crippen molar-refractivity contribution in [2.75, 3.05) is 0 Å². The third-order valence-electron chi connectivity index (χ3n) is 2.77. The lowest BCUT2D eigenvalue weighted by atomic mass is 10.1. The Hall–Kier alpha value is -2.05. The molecule has 1 amide bonds. The Morgan fingerprint density at radius 3 is 2.48 bits per heavy atom. The van der Waals surface area contributed by atoms with Crippen LogP contribution in [0.2, 0.25) is 5.02 Å². The molecule has 0 aliphatic heterocycles. The van der Waals surface area contributed by atoms with Crippen molar-refractivity contribution in [3.8, 4) is 0 Å². The van der Waals surface area contributed by atoms with E-state index in [-0.39, 0.29) is 11.3 Å². The van der Waals surface area contributed by atoms with E-state index in [1.165, 1.54) is 23.9 Å². The van der Waals surface area contributed by atoms with E-state index in [4.69, 9.17) is 17.3 Å². The Morgan fingerprint density at radius 2 is 1.90 bits per heavy atom. The van der Waals surface area contributed by atoms with E-state index in [2.05, 4.69) is 0 Å². The molecule has 2 N–H and O–H groups in total. The van der Waals surface area contributed by atoms with E-state index >= 15 is 0 Å². The highest BCUT2D eigenvalue weighted by molar-refractivity contribution is 7.98. The zero-order chi connectivity index (χ0) is 15.4. The van der Waals surface area contributed by atoms with Gasteiger partial charge in [0.05, 0.1) is 4.92 Å². The second-order valence-electron chi connectivity index (χ2n) is 4.21. The summed E-state index contributed by atoms with van der Waals surface area (Å²) in [5.41, 5.74) is 5.69. The number of carbonyl (C=O) groups excluding carboxylic acids is 1. The van der Waals surface area contributed by atoms with Crippen LogP contribution in [0.25, 0.3) is 0 Å². The number of carbonyl (C=O) groups is 1. The summed E-state index contributed by atoms with van der Waals surface area (Å²) in [6, 6.07) is 11.5. The van der Waals surface area contributed by atoms with Crippen molar-refractivity contribution in [1.82, 2.24) is 0 Å². The second-order valence-corrected chi connectivity index (χ2v) is 5.69. The first-order valence-corrected chi connectivity index (χ1v) is 7.29. The highest BCUT2D eigenvalue weighted by Crippen LogP contribution is 2.29. The van der Waals surface area contributed by atoms with Crippen LogP contribution >= 0.6 is 23.4 Å². The van der Waals surface area contributed by atoms with Gasteiger partial charge in [0.25, 0.3) is 5.69 Å². The molecule has 0 bridgehead atoms. The topological polar surface area (TPSA) is 86.2 Å². The molecular formula is C14H11ClN2O3S. The van der Waals surface area contributed by atoms with Crippen molar-refractivity contribution in [3.05, 3.63) is 68.7 Å². The van der Waals surface area contributed by atoms with Gasteiger partial charge in [-0.3, -0.25) is 14.9 Å². The number of halogens is 1. The normalized spacial score (nSPS) is 10.3. The van der Waals surface area contributed by atoms with E-state index in [1.807, 2.05) is 12.1 Å². The molecule has 21 heavy (non-hydrogen) atoms. The van der Waals surface area contributed by atoms with Crippen LogP contribution in [0, 0.1) is 10.1 Å². The summed E-state index contributed by atoms with van der Waals surface area (Å²) in [5, 5.41) is 11.7. The van der Waals surface area contributed by atoms with Crippen molar-refractivity contribution >= 4 is 35.0 Å². The number of rotatable bonds is 5. The van der Waals surface area contributed by atoms with Gasteiger partial charge in [0, 0.05) is 32.9 Å². The van der Waals surface area contributed by atoms with Crippen molar-refractivity contribution in [1.29, 1.82) is 0 Å². The lowest BCUT2D eigenvalue weighted by Gasteiger charge is -2.05. The van der Waals surface area contributed by atoms with Gasteiger partial charge in [-0.2, -0.15) is 0 Å². The zero-order valence-corrected chi connectivity index (χ0v) is 12.4. The Labute approximate surface area is 130 Å². The van der Waals surface area contributed by atoms with Crippen LogP contribution in [0.4, 0.5) is 5.69 Å². The number of nitro benzene ring substituents is 1. The number of nitrogens with two attached hydrogens (primary N) is 1. The summed E-state index contributed by atoms with van der Waals surface area (Å²) in [6.07, 6.45) is 0. The first-order chi connectivity index (χ1) is 9.97. The molecule has 0 aliphatic rings. The fourth-order valence-electron chi connectivity index (χ4n) is 1.70. The fourth-order valence-corrected chi connectivity index (χ4v) is 2.72. The maximum atomic E-state index is 11.1. The van der Waals surface area contributed by atoms with E-state index in [9.17, 15) is 14.9 Å². The third kappa shape index (κ3) is 3.96. The third-order valence-corrected chi connectivity index (χ3v) is 4.09. The smallest absolute Gasteiger partial charge is 0.274 e. The molecule has 108 valence electrons. The molecule has 0 unspecified atom stereocenters. The van der Waals surface area contributed by atoms with Gasteiger partial charge in [-0.15, -0.1) is 11.8 Å². The molecule has 0 aromatic heterocycles. The standard InChI is InChI=1S/C14H11ClN2O3S/c15-11-3-5-12(6-4-11)21-8-10-2-1-9(14(16)18)7-13(10)17(19)20/h1-7H,8H2,(H2,16,18). The molecular weight excluding hydrogens is 312 g/mol. The average molecular weight is 323 g/mol.